The molecule has 1 saturated heterocycles. The molecule has 1 aromatic carbocycles. The van der Waals surface area contributed by atoms with E-state index in [1.54, 1.807) is 29.4 Å². The lowest BCUT2D eigenvalue weighted by Crippen LogP contribution is -2.42. The number of halogens is 1. The molecule has 2 fully saturated rings. The summed E-state index contributed by atoms with van der Waals surface area (Å²) in [6.45, 7) is 1.26. The molecule has 1 aliphatic heterocycles. The summed E-state index contributed by atoms with van der Waals surface area (Å²) in [4.78, 5) is 14.5. The third kappa shape index (κ3) is 3.72. The van der Waals surface area contributed by atoms with Crippen molar-refractivity contribution in [2.45, 2.75) is 37.6 Å². The summed E-state index contributed by atoms with van der Waals surface area (Å²) in [5.41, 5.74) is 0.565. The van der Waals surface area contributed by atoms with Gasteiger partial charge in [-0.15, -0.1) is 10.2 Å². The largest absolute Gasteiger partial charge is 0.354 e. The zero-order valence-electron chi connectivity index (χ0n) is 15.8. The molecule has 3 aromatic rings. The normalized spacial score (nSPS) is 19.3. The van der Waals surface area contributed by atoms with Gasteiger partial charge in [0.1, 0.15) is 18.0 Å². The van der Waals surface area contributed by atoms with E-state index < -0.39 is 0 Å². The van der Waals surface area contributed by atoms with Crippen LogP contribution in [0, 0.1) is 5.82 Å². The van der Waals surface area contributed by atoms with Crippen LogP contribution < -0.4 is 5.32 Å². The summed E-state index contributed by atoms with van der Waals surface area (Å²) >= 11 is 0. The summed E-state index contributed by atoms with van der Waals surface area (Å²) in [6, 6.07) is 7.92. The fourth-order valence-electron chi connectivity index (χ4n) is 3.85. The van der Waals surface area contributed by atoms with Crippen molar-refractivity contribution in [1.29, 1.82) is 0 Å². The lowest BCUT2D eigenvalue weighted by atomic mass is 9.97. The molecule has 2 aliphatic rings. The van der Waals surface area contributed by atoms with Gasteiger partial charge in [0.05, 0.1) is 0 Å². The molecule has 0 spiro atoms. The Balaban J connectivity index is 1.25. The van der Waals surface area contributed by atoms with E-state index in [0.29, 0.717) is 36.3 Å². The number of piperidine rings is 1. The average Bonchev–Trinajstić information content (AvgIpc) is 3.27. The van der Waals surface area contributed by atoms with E-state index in [2.05, 4.69) is 25.2 Å². The van der Waals surface area contributed by atoms with Crippen LogP contribution in [0.4, 0.5) is 15.0 Å². The Hall–Kier alpha value is -3.23. The highest BCUT2D eigenvalue weighted by molar-refractivity contribution is 5.88. The van der Waals surface area contributed by atoms with Crippen molar-refractivity contribution in [1.82, 2.24) is 24.8 Å². The number of carbonyl (C=O) groups excluding carboxylic acids is 1. The second-order valence-corrected chi connectivity index (χ2v) is 7.63. The van der Waals surface area contributed by atoms with Gasteiger partial charge in [-0.25, -0.2) is 9.18 Å². The van der Waals surface area contributed by atoms with Crippen molar-refractivity contribution in [2.75, 3.05) is 18.4 Å². The standard InChI is InChI=1S/C20H21FN6O2/c21-15-5-1-3-13(9-15)17-10-18(25-29-17)23-20(28)26-8-2-4-14(11-26)19-24-22-12-27(19)16-6-7-16/h1,3,5,9-10,12,14,16H,2,4,6-8,11H2,(H,23,25,28). The SMILES string of the molecule is O=C(Nc1cc(-c2cccc(F)c2)on1)N1CCCC(c2nncn2C2CC2)C1. The molecule has 150 valence electrons. The van der Waals surface area contributed by atoms with E-state index in [1.807, 2.05) is 0 Å². The van der Waals surface area contributed by atoms with Crippen LogP contribution in [0.25, 0.3) is 11.3 Å². The zero-order chi connectivity index (χ0) is 19.8. The molecule has 1 aliphatic carbocycles. The monoisotopic (exact) mass is 396 g/mol. The van der Waals surface area contributed by atoms with Crippen LogP contribution in [0.1, 0.15) is 43.5 Å². The molecule has 8 nitrogen and oxygen atoms in total. The first-order chi connectivity index (χ1) is 14.2. The van der Waals surface area contributed by atoms with Crippen LogP contribution in [-0.2, 0) is 0 Å². The van der Waals surface area contributed by atoms with E-state index in [0.717, 1.165) is 18.7 Å². The van der Waals surface area contributed by atoms with E-state index in [-0.39, 0.29) is 17.8 Å². The topological polar surface area (TPSA) is 89.1 Å². The van der Waals surface area contributed by atoms with E-state index in [4.69, 9.17) is 4.52 Å². The number of hydrogen-bond donors (Lipinski definition) is 1. The average molecular weight is 396 g/mol. The van der Waals surface area contributed by atoms with Gasteiger partial charge in [-0.2, -0.15) is 0 Å². The molecule has 3 heterocycles. The van der Waals surface area contributed by atoms with Gasteiger partial charge >= 0.3 is 6.03 Å². The van der Waals surface area contributed by atoms with Gasteiger partial charge in [0.25, 0.3) is 0 Å². The molecule has 1 unspecified atom stereocenters. The Morgan fingerprint density at radius 3 is 2.97 bits per heavy atom. The van der Waals surface area contributed by atoms with Gasteiger partial charge < -0.3 is 14.0 Å². The number of hydrogen-bond acceptors (Lipinski definition) is 5. The van der Waals surface area contributed by atoms with Crippen LogP contribution in [0.5, 0.6) is 0 Å². The number of amides is 2. The van der Waals surface area contributed by atoms with Crippen LogP contribution in [0.2, 0.25) is 0 Å². The van der Waals surface area contributed by atoms with Crippen molar-refractivity contribution in [3.8, 4) is 11.3 Å². The number of carbonyl (C=O) groups is 1. The predicted octanol–water partition coefficient (Wildman–Crippen LogP) is 3.82. The highest BCUT2D eigenvalue weighted by atomic mass is 19.1. The van der Waals surface area contributed by atoms with Gasteiger partial charge in [-0.1, -0.05) is 17.3 Å². The first-order valence-corrected chi connectivity index (χ1v) is 9.85. The van der Waals surface area contributed by atoms with Gasteiger partial charge in [0, 0.05) is 36.7 Å². The molecule has 0 bridgehead atoms. The first-order valence-electron chi connectivity index (χ1n) is 9.85. The van der Waals surface area contributed by atoms with Crippen molar-refractivity contribution in [2.24, 2.45) is 0 Å². The summed E-state index contributed by atoms with van der Waals surface area (Å²) in [6.07, 6.45) is 6.03. The number of rotatable bonds is 4. The molecule has 0 radical (unpaired) electrons. The second kappa shape index (κ2) is 7.31. The predicted molar refractivity (Wildman–Crippen MR) is 103 cm³/mol. The number of aromatic nitrogens is 4. The van der Waals surface area contributed by atoms with Gasteiger partial charge in [-0.3, -0.25) is 5.32 Å². The number of nitrogens with one attached hydrogen (secondary N) is 1. The lowest BCUT2D eigenvalue weighted by molar-refractivity contribution is 0.190. The van der Waals surface area contributed by atoms with Gasteiger partial charge in [0.15, 0.2) is 11.6 Å². The molecule has 29 heavy (non-hydrogen) atoms. The number of nitrogens with zero attached hydrogens (tertiary/aromatic N) is 5. The number of likely N-dealkylation sites (tertiary alicyclic amines) is 1. The van der Waals surface area contributed by atoms with E-state index in [9.17, 15) is 9.18 Å². The molecule has 9 heteroatoms. The number of benzene rings is 1. The Morgan fingerprint density at radius 1 is 1.24 bits per heavy atom. The molecular weight excluding hydrogens is 375 g/mol. The minimum atomic E-state index is -0.358. The quantitative estimate of drug-likeness (QED) is 0.724. The molecule has 1 N–H and O–H groups in total. The number of anilines is 1. The second-order valence-electron chi connectivity index (χ2n) is 7.63. The Labute approximate surface area is 166 Å². The lowest BCUT2D eigenvalue weighted by Gasteiger charge is -2.32. The summed E-state index contributed by atoms with van der Waals surface area (Å²) in [5.74, 6) is 1.49. The van der Waals surface area contributed by atoms with Crippen LogP contribution in [0.15, 0.2) is 41.2 Å². The molecule has 1 saturated carbocycles. The van der Waals surface area contributed by atoms with Crippen molar-refractivity contribution >= 4 is 11.8 Å². The van der Waals surface area contributed by atoms with E-state index >= 15 is 0 Å². The van der Waals surface area contributed by atoms with Crippen molar-refractivity contribution in [3.63, 3.8) is 0 Å². The Bertz CT molecular complexity index is 1030. The summed E-state index contributed by atoms with van der Waals surface area (Å²) < 4.78 is 20.8. The smallest absolute Gasteiger partial charge is 0.323 e. The maximum Gasteiger partial charge on any atom is 0.323 e. The highest BCUT2D eigenvalue weighted by Gasteiger charge is 2.32. The molecular formula is C20H21FN6O2. The van der Waals surface area contributed by atoms with Crippen molar-refractivity contribution in [3.05, 3.63) is 48.3 Å². The van der Waals surface area contributed by atoms with E-state index in [1.165, 1.54) is 25.0 Å². The van der Waals surface area contributed by atoms with Crippen molar-refractivity contribution < 1.29 is 13.7 Å². The fourth-order valence-corrected chi connectivity index (χ4v) is 3.85. The third-order valence-corrected chi connectivity index (χ3v) is 5.47. The Morgan fingerprint density at radius 2 is 2.14 bits per heavy atom. The first kappa shape index (κ1) is 17.8. The molecule has 2 aromatic heterocycles. The minimum Gasteiger partial charge on any atom is -0.354 e. The van der Waals surface area contributed by atoms with Gasteiger partial charge in [0.2, 0.25) is 0 Å². The molecule has 5 rings (SSSR count). The summed E-state index contributed by atoms with van der Waals surface area (Å²) in [7, 11) is 0. The van der Waals surface area contributed by atoms with Crippen LogP contribution in [-0.4, -0.2) is 43.9 Å². The van der Waals surface area contributed by atoms with Crippen LogP contribution in [0.3, 0.4) is 0 Å². The third-order valence-electron chi connectivity index (χ3n) is 5.47. The molecule has 1 atom stereocenters. The van der Waals surface area contributed by atoms with Gasteiger partial charge in [-0.05, 0) is 37.8 Å². The fraction of sp³-hybridized carbons (Fsp3) is 0.400. The minimum absolute atomic E-state index is 0.178. The molecule has 2 amide bonds. The Kier molecular flexibility index (Phi) is 4.49. The highest BCUT2D eigenvalue weighted by Crippen LogP contribution is 2.38. The maximum absolute atomic E-state index is 13.4. The summed E-state index contributed by atoms with van der Waals surface area (Å²) in [5, 5.41) is 15.1. The van der Waals surface area contributed by atoms with Crippen LogP contribution >= 0.6 is 0 Å². The number of urea groups is 1. The zero-order valence-corrected chi connectivity index (χ0v) is 15.8. The maximum atomic E-state index is 13.4.